The molecule has 0 spiro atoms. The van der Waals surface area contributed by atoms with Crippen molar-refractivity contribution >= 4 is 28.7 Å². The first-order valence-corrected chi connectivity index (χ1v) is 11.9. The Morgan fingerprint density at radius 3 is 2.62 bits per heavy atom. The van der Waals surface area contributed by atoms with E-state index in [1.54, 1.807) is 25.3 Å². The summed E-state index contributed by atoms with van der Waals surface area (Å²) in [5.74, 6) is -1.78. The van der Waals surface area contributed by atoms with Gasteiger partial charge in [0.05, 0.1) is 18.7 Å². The summed E-state index contributed by atoms with van der Waals surface area (Å²) < 4.78 is 20.3. The van der Waals surface area contributed by atoms with Gasteiger partial charge in [-0.1, -0.05) is 54.6 Å². The molecule has 6 nitrogen and oxygen atoms in total. The van der Waals surface area contributed by atoms with Gasteiger partial charge < -0.3 is 19.7 Å². The van der Waals surface area contributed by atoms with Gasteiger partial charge in [0.1, 0.15) is 11.6 Å². The molecule has 1 amide bonds. The second-order valence-corrected chi connectivity index (χ2v) is 8.77. The number of hydrogen-bond acceptors (Lipinski definition) is 4. The van der Waals surface area contributed by atoms with Gasteiger partial charge >= 0.3 is 0 Å². The van der Waals surface area contributed by atoms with Crippen LogP contribution in [0.25, 0.3) is 17.0 Å². The molecule has 0 fully saturated rings. The Bertz CT molecular complexity index is 1540. The zero-order chi connectivity index (χ0) is 25.9. The molecule has 1 aliphatic heterocycles. The second-order valence-electron chi connectivity index (χ2n) is 8.77. The summed E-state index contributed by atoms with van der Waals surface area (Å²) in [6.45, 7) is 0.158. The number of rotatable bonds is 8. The van der Waals surface area contributed by atoms with Crippen molar-refractivity contribution in [2.45, 2.75) is 12.5 Å². The van der Waals surface area contributed by atoms with Gasteiger partial charge in [0.2, 0.25) is 0 Å². The molecule has 4 aromatic rings. The number of carbonyl (C=O) groups is 2. The van der Waals surface area contributed by atoms with E-state index in [4.69, 9.17) is 4.74 Å². The van der Waals surface area contributed by atoms with Crippen molar-refractivity contribution in [1.29, 1.82) is 0 Å². The number of H-pyrrole nitrogens is 1. The smallest absolute Gasteiger partial charge is 0.290 e. The van der Waals surface area contributed by atoms with E-state index >= 15 is 0 Å². The number of aliphatic hydroxyl groups excluding tert-OH is 1. The maximum Gasteiger partial charge on any atom is 0.290 e. The van der Waals surface area contributed by atoms with E-state index in [0.717, 1.165) is 22.0 Å². The largest absolute Gasteiger partial charge is 0.503 e. The highest BCUT2D eigenvalue weighted by atomic mass is 19.1. The van der Waals surface area contributed by atoms with E-state index in [2.05, 4.69) is 4.98 Å². The average molecular weight is 497 g/mol. The van der Waals surface area contributed by atoms with Crippen LogP contribution in [0, 0.1) is 5.82 Å². The van der Waals surface area contributed by atoms with Crippen LogP contribution in [0.15, 0.2) is 96.4 Å². The third-order valence-electron chi connectivity index (χ3n) is 6.59. The highest BCUT2D eigenvalue weighted by Gasteiger charge is 2.43. The molecule has 0 unspecified atom stereocenters. The van der Waals surface area contributed by atoms with Gasteiger partial charge in [-0.3, -0.25) is 9.59 Å². The van der Waals surface area contributed by atoms with E-state index in [0.29, 0.717) is 12.2 Å². The zero-order valence-electron chi connectivity index (χ0n) is 20.1. The number of hydrogen-bond donors (Lipinski definition) is 2. The molecule has 1 aliphatic rings. The first kappa shape index (κ1) is 24.1. The molecule has 7 heteroatoms. The predicted molar refractivity (Wildman–Crippen MR) is 140 cm³/mol. The number of benzene rings is 3. The summed E-state index contributed by atoms with van der Waals surface area (Å²) in [5.41, 5.74) is 2.64. The van der Waals surface area contributed by atoms with Crippen molar-refractivity contribution in [2.24, 2.45) is 0 Å². The lowest BCUT2D eigenvalue weighted by atomic mass is 9.95. The number of halogens is 1. The van der Waals surface area contributed by atoms with Crippen LogP contribution in [-0.2, 0) is 16.0 Å². The van der Waals surface area contributed by atoms with Gasteiger partial charge in [0, 0.05) is 29.2 Å². The highest BCUT2D eigenvalue weighted by Crippen LogP contribution is 2.39. The zero-order valence-corrected chi connectivity index (χ0v) is 20.1. The number of aromatic amines is 1. The Morgan fingerprint density at radius 1 is 1.11 bits per heavy atom. The van der Waals surface area contributed by atoms with Crippen molar-refractivity contribution in [2.75, 3.05) is 13.7 Å². The number of amides is 1. The Labute approximate surface area is 213 Å². The van der Waals surface area contributed by atoms with Gasteiger partial charge in [0.15, 0.2) is 11.5 Å². The molecule has 0 saturated heterocycles. The van der Waals surface area contributed by atoms with Crippen molar-refractivity contribution < 1.29 is 23.8 Å². The molecule has 2 heterocycles. The van der Waals surface area contributed by atoms with Crippen LogP contribution in [-0.4, -0.2) is 40.3 Å². The minimum atomic E-state index is -1.05. The third-order valence-corrected chi connectivity index (χ3v) is 6.59. The molecule has 1 aromatic heterocycles. The van der Waals surface area contributed by atoms with Gasteiger partial charge in [-0.25, -0.2) is 4.39 Å². The second kappa shape index (κ2) is 10.1. The minimum absolute atomic E-state index is 0.136. The Kier molecular flexibility index (Phi) is 6.60. The van der Waals surface area contributed by atoms with Crippen LogP contribution < -0.4 is 4.74 Å². The van der Waals surface area contributed by atoms with Crippen molar-refractivity contribution in [3.05, 3.63) is 119 Å². The summed E-state index contributed by atoms with van der Waals surface area (Å²) in [6, 6.07) is 19.8. The molecular formula is C30H25FN2O4. The third kappa shape index (κ3) is 4.63. The number of ether oxygens (including phenoxy) is 1. The molecule has 0 bridgehead atoms. The Morgan fingerprint density at radius 2 is 1.86 bits per heavy atom. The molecule has 37 heavy (non-hydrogen) atoms. The van der Waals surface area contributed by atoms with Crippen LogP contribution in [0.3, 0.4) is 0 Å². The predicted octanol–water partition coefficient (Wildman–Crippen LogP) is 5.54. The maximum atomic E-state index is 15.0. The van der Waals surface area contributed by atoms with Crippen LogP contribution in [0.2, 0.25) is 0 Å². The fourth-order valence-corrected chi connectivity index (χ4v) is 4.71. The normalized spacial score (nSPS) is 15.8. The summed E-state index contributed by atoms with van der Waals surface area (Å²) >= 11 is 0. The number of methoxy groups -OCH3 is 1. The van der Waals surface area contributed by atoms with Crippen molar-refractivity contribution in [3.63, 3.8) is 0 Å². The molecule has 0 radical (unpaired) electrons. The van der Waals surface area contributed by atoms with Crippen LogP contribution in [0.1, 0.15) is 22.7 Å². The van der Waals surface area contributed by atoms with Crippen LogP contribution >= 0.6 is 0 Å². The van der Waals surface area contributed by atoms with Gasteiger partial charge in [-0.05, 0) is 47.9 Å². The number of aliphatic hydroxyl groups is 1. The van der Waals surface area contributed by atoms with E-state index in [-0.39, 0.29) is 17.7 Å². The molecule has 1 atom stereocenters. The number of carbonyl (C=O) groups excluding carboxylic acids is 2. The van der Waals surface area contributed by atoms with Crippen molar-refractivity contribution in [1.82, 2.24) is 9.88 Å². The number of fused-ring (bicyclic) bond motifs is 1. The lowest BCUT2D eigenvalue weighted by molar-refractivity contribution is -0.129. The highest BCUT2D eigenvalue weighted by molar-refractivity contribution is 6.14. The standard InChI is InChI=1S/C30H25FN2O4/c1-37-21-12-13-25-23(17-21)20(18-32-25)15-16-33-28(22-9-5-6-10-24(22)31)27(29(35)30(33)36)26(34)14-11-19-7-3-2-4-8-19/h2-14,17-18,28,32,35H,15-16H2,1H3/b14-11+/t28-/m0/s1. The molecular weight excluding hydrogens is 471 g/mol. The van der Waals surface area contributed by atoms with Crippen molar-refractivity contribution in [3.8, 4) is 5.75 Å². The van der Waals surface area contributed by atoms with Gasteiger partial charge in [0.25, 0.3) is 5.91 Å². The average Bonchev–Trinajstić information content (AvgIpc) is 3.44. The topological polar surface area (TPSA) is 82.6 Å². The van der Waals surface area contributed by atoms with Gasteiger partial charge in [-0.15, -0.1) is 0 Å². The number of allylic oxidation sites excluding steroid dienone is 1. The SMILES string of the molecule is COc1ccc2[nH]cc(CCN3C(=O)C(O)=C(C(=O)/C=C/c4ccccc4)[C@@H]3c3ccccc3F)c2c1. The fraction of sp³-hybridized carbons (Fsp3) is 0.133. The maximum absolute atomic E-state index is 15.0. The van der Waals surface area contributed by atoms with Crippen LogP contribution in [0.5, 0.6) is 5.75 Å². The molecule has 0 aliphatic carbocycles. The first-order valence-electron chi connectivity index (χ1n) is 11.9. The van der Waals surface area contributed by atoms with E-state index < -0.39 is 29.3 Å². The number of nitrogens with zero attached hydrogens (tertiary/aromatic N) is 1. The molecule has 2 N–H and O–H groups in total. The molecule has 0 saturated carbocycles. The molecule has 3 aromatic carbocycles. The monoisotopic (exact) mass is 496 g/mol. The van der Waals surface area contributed by atoms with Crippen LogP contribution in [0.4, 0.5) is 4.39 Å². The summed E-state index contributed by atoms with van der Waals surface area (Å²) in [4.78, 5) is 31.0. The van der Waals surface area contributed by atoms with Gasteiger partial charge in [-0.2, -0.15) is 0 Å². The first-order chi connectivity index (χ1) is 18.0. The summed E-state index contributed by atoms with van der Waals surface area (Å²) in [7, 11) is 1.59. The molecule has 5 rings (SSSR count). The Balaban J connectivity index is 1.48. The van der Waals surface area contributed by atoms with E-state index in [1.165, 1.54) is 23.1 Å². The van der Waals surface area contributed by atoms with E-state index in [1.807, 2.05) is 54.7 Å². The lowest BCUT2D eigenvalue weighted by Gasteiger charge is -2.27. The lowest BCUT2D eigenvalue weighted by Crippen LogP contribution is -2.33. The minimum Gasteiger partial charge on any atom is -0.503 e. The summed E-state index contributed by atoms with van der Waals surface area (Å²) in [6.07, 6.45) is 5.17. The summed E-state index contributed by atoms with van der Waals surface area (Å²) in [5, 5.41) is 11.7. The molecule has 186 valence electrons. The van der Waals surface area contributed by atoms with E-state index in [9.17, 15) is 19.1 Å². The quantitative estimate of drug-likeness (QED) is 0.314. The Hall–Kier alpha value is -4.65. The number of nitrogens with one attached hydrogen (secondary N) is 1. The number of ketones is 1. The fourth-order valence-electron chi connectivity index (χ4n) is 4.71. The number of aromatic nitrogens is 1.